The Kier molecular flexibility index (Phi) is 6.67. The Morgan fingerprint density at radius 3 is 2.30 bits per heavy atom. The van der Waals surface area contributed by atoms with E-state index in [1.54, 1.807) is 48.4 Å². The van der Waals surface area contributed by atoms with E-state index in [9.17, 15) is 9.59 Å². The summed E-state index contributed by atoms with van der Waals surface area (Å²) in [6.45, 7) is 3.39. The van der Waals surface area contributed by atoms with E-state index in [2.05, 4.69) is 10.5 Å². The third-order valence-corrected chi connectivity index (χ3v) is 5.87. The normalized spacial score (nSPS) is 17.3. The van der Waals surface area contributed by atoms with Crippen molar-refractivity contribution in [1.29, 1.82) is 0 Å². The average molecular weight is 453 g/mol. The van der Waals surface area contributed by atoms with Gasteiger partial charge < -0.3 is 29.3 Å². The number of rotatable bonds is 7. The number of nitrogens with zero attached hydrogens (tertiary/aromatic N) is 2. The van der Waals surface area contributed by atoms with Crippen LogP contribution in [0.5, 0.6) is 17.2 Å². The molecule has 1 spiro atoms. The van der Waals surface area contributed by atoms with E-state index in [-0.39, 0.29) is 18.6 Å². The SMILES string of the molecule is COc1ccc(O/N=C(/C)c2ccc(OCC(=O)N3CCC4(CC3)CNC(=O)O4)cc2)cc1. The van der Waals surface area contributed by atoms with E-state index in [0.717, 1.165) is 11.3 Å². The van der Waals surface area contributed by atoms with Crippen LogP contribution in [0.1, 0.15) is 25.3 Å². The molecule has 0 aliphatic carbocycles. The molecule has 0 aromatic heterocycles. The highest BCUT2D eigenvalue weighted by atomic mass is 16.6. The van der Waals surface area contributed by atoms with Crippen LogP contribution in [0.3, 0.4) is 0 Å². The Hall–Kier alpha value is -3.75. The van der Waals surface area contributed by atoms with Gasteiger partial charge in [-0.15, -0.1) is 0 Å². The van der Waals surface area contributed by atoms with E-state index < -0.39 is 5.60 Å². The smallest absolute Gasteiger partial charge is 0.407 e. The number of hydrogen-bond donors (Lipinski definition) is 1. The number of piperidine rings is 1. The standard InChI is InChI=1S/C24H27N3O6/c1-17(26-33-21-9-7-19(30-2)8-10-21)18-3-5-20(6-4-18)31-15-22(28)27-13-11-24(12-14-27)16-25-23(29)32-24/h3-10H,11-16H2,1-2H3,(H,25,29)/b26-17-. The Morgan fingerprint density at radius 2 is 1.70 bits per heavy atom. The fourth-order valence-corrected chi connectivity index (χ4v) is 3.78. The van der Waals surface area contributed by atoms with Gasteiger partial charge in [0.05, 0.1) is 19.4 Å². The first kappa shape index (κ1) is 22.4. The largest absolute Gasteiger partial charge is 0.497 e. The molecule has 0 unspecified atom stereocenters. The molecule has 2 fully saturated rings. The second kappa shape index (κ2) is 9.81. The lowest BCUT2D eigenvalue weighted by atomic mass is 9.91. The van der Waals surface area contributed by atoms with Crippen LogP contribution >= 0.6 is 0 Å². The minimum absolute atomic E-state index is 0.0436. The highest BCUT2D eigenvalue weighted by Gasteiger charge is 2.43. The predicted molar refractivity (Wildman–Crippen MR) is 121 cm³/mol. The minimum atomic E-state index is -0.471. The molecule has 0 radical (unpaired) electrons. The molecular weight excluding hydrogens is 426 g/mol. The summed E-state index contributed by atoms with van der Waals surface area (Å²) in [6, 6.07) is 14.5. The molecule has 2 aliphatic heterocycles. The fraction of sp³-hybridized carbons (Fsp3) is 0.375. The van der Waals surface area contributed by atoms with Crippen LogP contribution in [0.2, 0.25) is 0 Å². The molecule has 174 valence electrons. The van der Waals surface area contributed by atoms with Crippen molar-refractivity contribution in [2.75, 3.05) is 33.4 Å². The molecule has 2 aliphatic rings. The number of methoxy groups -OCH3 is 1. The van der Waals surface area contributed by atoms with Gasteiger partial charge >= 0.3 is 6.09 Å². The molecule has 0 bridgehead atoms. The van der Waals surface area contributed by atoms with Gasteiger partial charge in [0, 0.05) is 25.9 Å². The molecule has 2 aromatic carbocycles. The molecule has 2 heterocycles. The quantitative estimate of drug-likeness (QED) is 0.511. The highest BCUT2D eigenvalue weighted by molar-refractivity contribution is 5.98. The number of alkyl carbamates (subject to hydrolysis) is 1. The first-order valence-corrected chi connectivity index (χ1v) is 10.8. The van der Waals surface area contributed by atoms with Gasteiger partial charge in [0.15, 0.2) is 12.4 Å². The highest BCUT2D eigenvalue weighted by Crippen LogP contribution is 2.29. The molecule has 2 saturated heterocycles. The number of amides is 2. The summed E-state index contributed by atoms with van der Waals surface area (Å²) in [5.74, 6) is 1.87. The first-order valence-electron chi connectivity index (χ1n) is 10.8. The van der Waals surface area contributed by atoms with Crippen molar-refractivity contribution < 1.29 is 28.6 Å². The Balaban J connectivity index is 1.24. The molecule has 2 aromatic rings. The zero-order chi connectivity index (χ0) is 23.3. The van der Waals surface area contributed by atoms with Crippen LogP contribution in [0.15, 0.2) is 53.7 Å². The Bertz CT molecular complexity index is 1010. The molecule has 33 heavy (non-hydrogen) atoms. The molecule has 9 heteroatoms. The summed E-state index contributed by atoms with van der Waals surface area (Å²) >= 11 is 0. The van der Waals surface area contributed by atoms with E-state index in [1.165, 1.54) is 0 Å². The van der Waals surface area contributed by atoms with Crippen LogP contribution in [-0.4, -0.2) is 61.6 Å². The minimum Gasteiger partial charge on any atom is -0.497 e. The van der Waals surface area contributed by atoms with Gasteiger partial charge in [0.1, 0.15) is 17.1 Å². The summed E-state index contributed by atoms with van der Waals surface area (Å²) in [6.07, 6.45) is 0.876. The second-order valence-corrected chi connectivity index (χ2v) is 8.06. The lowest BCUT2D eigenvalue weighted by Gasteiger charge is -2.37. The molecule has 1 N–H and O–H groups in total. The van der Waals surface area contributed by atoms with Gasteiger partial charge in [0.25, 0.3) is 5.91 Å². The molecule has 4 rings (SSSR count). The van der Waals surface area contributed by atoms with Crippen molar-refractivity contribution in [1.82, 2.24) is 10.2 Å². The van der Waals surface area contributed by atoms with Crippen LogP contribution in [0, 0.1) is 0 Å². The van der Waals surface area contributed by atoms with Crippen molar-refractivity contribution in [3.05, 3.63) is 54.1 Å². The molecule has 9 nitrogen and oxygen atoms in total. The molecule has 2 amide bonds. The van der Waals surface area contributed by atoms with Gasteiger partial charge in [-0.2, -0.15) is 0 Å². The number of carbonyl (C=O) groups excluding carboxylic acids is 2. The third-order valence-electron chi connectivity index (χ3n) is 5.87. The predicted octanol–water partition coefficient (Wildman–Crippen LogP) is 2.98. The van der Waals surface area contributed by atoms with Gasteiger partial charge in [0.2, 0.25) is 0 Å². The van der Waals surface area contributed by atoms with Crippen LogP contribution in [-0.2, 0) is 9.53 Å². The van der Waals surface area contributed by atoms with Crippen molar-refractivity contribution >= 4 is 17.7 Å². The molecule has 0 saturated carbocycles. The van der Waals surface area contributed by atoms with Crippen molar-refractivity contribution in [3.63, 3.8) is 0 Å². The Morgan fingerprint density at radius 1 is 1.06 bits per heavy atom. The zero-order valence-corrected chi connectivity index (χ0v) is 18.7. The topological polar surface area (TPSA) is 98.7 Å². The van der Waals surface area contributed by atoms with Crippen LogP contribution in [0.25, 0.3) is 0 Å². The second-order valence-electron chi connectivity index (χ2n) is 8.06. The van der Waals surface area contributed by atoms with E-state index in [0.29, 0.717) is 49.7 Å². The number of carbonyl (C=O) groups is 2. The number of nitrogens with one attached hydrogen (secondary N) is 1. The van der Waals surface area contributed by atoms with Crippen molar-refractivity contribution in [3.8, 4) is 17.2 Å². The van der Waals surface area contributed by atoms with Gasteiger partial charge in [-0.05, 0) is 61.0 Å². The van der Waals surface area contributed by atoms with Crippen molar-refractivity contribution in [2.24, 2.45) is 5.16 Å². The summed E-state index contributed by atoms with van der Waals surface area (Å²) < 4.78 is 16.2. The lowest BCUT2D eigenvalue weighted by Crippen LogP contribution is -2.49. The summed E-state index contributed by atoms with van der Waals surface area (Å²) in [5.41, 5.74) is 1.11. The Labute approximate surface area is 192 Å². The lowest BCUT2D eigenvalue weighted by molar-refractivity contribution is -0.136. The van der Waals surface area contributed by atoms with E-state index in [1.807, 2.05) is 19.1 Å². The summed E-state index contributed by atoms with van der Waals surface area (Å²) in [7, 11) is 1.61. The molecule has 0 atom stereocenters. The zero-order valence-electron chi connectivity index (χ0n) is 18.7. The average Bonchev–Trinajstić information content (AvgIpc) is 3.21. The van der Waals surface area contributed by atoms with E-state index in [4.69, 9.17) is 19.0 Å². The number of ether oxygens (including phenoxy) is 3. The first-order chi connectivity index (χ1) is 16.0. The third kappa shape index (κ3) is 5.54. The van der Waals surface area contributed by atoms with E-state index >= 15 is 0 Å². The fourth-order valence-electron chi connectivity index (χ4n) is 3.78. The molecular formula is C24H27N3O6. The van der Waals surface area contributed by atoms with Crippen molar-refractivity contribution in [2.45, 2.75) is 25.4 Å². The van der Waals surface area contributed by atoms with Crippen LogP contribution in [0.4, 0.5) is 4.79 Å². The maximum atomic E-state index is 12.5. The summed E-state index contributed by atoms with van der Waals surface area (Å²) in [5, 5.41) is 6.85. The number of hydrogen-bond acceptors (Lipinski definition) is 7. The summed E-state index contributed by atoms with van der Waals surface area (Å²) in [4.78, 5) is 31.0. The van der Waals surface area contributed by atoms with Gasteiger partial charge in [-0.1, -0.05) is 5.16 Å². The number of oxime groups is 1. The van der Waals surface area contributed by atoms with Gasteiger partial charge in [-0.25, -0.2) is 4.79 Å². The monoisotopic (exact) mass is 453 g/mol. The number of benzene rings is 2. The maximum absolute atomic E-state index is 12.5. The van der Waals surface area contributed by atoms with Crippen LogP contribution < -0.4 is 19.6 Å². The number of likely N-dealkylation sites (tertiary alicyclic amines) is 1. The van der Waals surface area contributed by atoms with Gasteiger partial charge in [-0.3, -0.25) is 4.79 Å². The maximum Gasteiger partial charge on any atom is 0.407 e.